The van der Waals surface area contributed by atoms with E-state index in [1.54, 1.807) is 27.0 Å². The van der Waals surface area contributed by atoms with Crippen LogP contribution in [0.3, 0.4) is 0 Å². The van der Waals surface area contributed by atoms with E-state index in [0.717, 1.165) is 6.07 Å². The Kier molecular flexibility index (Phi) is 7.16. The van der Waals surface area contributed by atoms with E-state index in [0.29, 0.717) is 20.9 Å². The number of halogens is 3. The van der Waals surface area contributed by atoms with Gasteiger partial charge in [0, 0.05) is 12.3 Å². The normalized spacial score (nSPS) is 12.6. The molecule has 9 heteroatoms. The molecule has 5 nitrogen and oxygen atoms in total. The molecule has 0 saturated heterocycles. The summed E-state index contributed by atoms with van der Waals surface area (Å²) in [5.41, 5.74) is 0.182. The number of carbonyl (C=O) groups is 1. The molecule has 0 aliphatic carbocycles. The molecule has 146 valence electrons. The van der Waals surface area contributed by atoms with Crippen LogP contribution in [0.1, 0.15) is 38.1 Å². The molecule has 2 aromatic rings. The molecule has 27 heavy (non-hydrogen) atoms. The molecule has 1 N–H and O–H groups in total. The number of carbonyl (C=O) groups excluding carboxylic acids is 1. The minimum absolute atomic E-state index is 0.122. The number of amides is 1. The molecule has 1 heterocycles. The fourth-order valence-corrected chi connectivity index (χ4v) is 3.15. The average Bonchev–Trinajstić information content (AvgIpc) is 2.52. The summed E-state index contributed by atoms with van der Waals surface area (Å²) in [5, 5.41) is 3.24. The van der Waals surface area contributed by atoms with Gasteiger partial charge in [-0.15, -0.1) is 0 Å². The Morgan fingerprint density at radius 2 is 1.93 bits per heavy atom. The lowest BCUT2D eigenvalue weighted by Gasteiger charge is -2.24. The number of aromatic nitrogens is 2. The van der Waals surface area contributed by atoms with Crippen molar-refractivity contribution in [3.05, 3.63) is 51.8 Å². The first kappa shape index (κ1) is 21.6. The van der Waals surface area contributed by atoms with E-state index in [1.807, 2.05) is 6.26 Å². The smallest absolute Gasteiger partial charge is 0.408 e. The van der Waals surface area contributed by atoms with Crippen LogP contribution in [0.15, 0.2) is 34.0 Å². The SMILES string of the molecule is CSc1ncc(Br)c(C(Cc2cc(F)cc(F)c2)NC(=O)OC(C)(C)C)n1. The monoisotopic (exact) mass is 459 g/mol. The van der Waals surface area contributed by atoms with Crippen molar-refractivity contribution in [2.24, 2.45) is 0 Å². The number of ether oxygens (including phenoxy) is 1. The first-order valence-electron chi connectivity index (χ1n) is 8.08. The fourth-order valence-electron chi connectivity index (χ4n) is 2.34. The van der Waals surface area contributed by atoms with E-state index in [4.69, 9.17) is 4.74 Å². The van der Waals surface area contributed by atoms with Gasteiger partial charge in [-0.3, -0.25) is 0 Å². The number of benzene rings is 1. The summed E-state index contributed by atoms with van der Waals surface area (Å²) >= 11 is 4.72. The molecule has 1 atom stereocenters. The first-order valence-corrected chi connectivity index (χ1v) is 10.1. The number of thioether (sulfide) groups is 1. The molecule has 0 aliphatic heterocycles. The Morgan fingerprint density at radius 3 is 2.48 bits per heavy atom. The topological polar surface area (TPSA) is 64.1 Å². The van der Waals surface area contributed by atoms with E-state index >= 15 is 0 Å². The van der Waals surface area contributed by atoms with Crippen molar-refractivity contribution in [1.29, 1.82) is 0 Å². The molecule has 0 saturated carbocycles. The molecule has 0 bridgehead atoms. The Hall–Kier alpha value is -1.74. The minimum atomic E-state index is -0.688. The van der Waals surface area contributed by atoms with Crippen LogP contribution in [0.25, 0.3) is 0 Å². The summed E-state index contributed by atoms with van der Waals surface area (Å²) in [6.45, 7) is 5.24. The minimum Gasteiger partial charge on any atom is -0.444 e. The van der Waals surface area contributed by atoms with Crippen molar-refractivity contribution >= 4 is 33.8 Å². The van der Waals surface area contributed by atoms with E-state index < -0.39 is 29.4 Å². The highest BCUT2D eigenvalue weighted by Crippen LogP contribution is 2.27. The highest BCUT2D eigenvalue weighted by Gasteiger charge is 2.24. The van der Waals surface area contributed by atoms with Crippen molar-refractivity contribution < 1.29 is 18.3 Å². The summed E-state index contributed by atoms with van der Waals surface area (Å²) in [7, 11) is 0. The van der Waals surface area contributed by atoms with E-state index in [9.17, 15) is 13.6 Å². The zero-order valence-electron chi connectivity index (χ0n) is 15.3. The van der Waals surface area contributed by atoms with Gasteiger partial charge in [0.1, 0.15) is 17.2 Å². The molecule has 2 rings (SSSR count). The maximum Gasteiger partial charge on any atom is 0.408 e. The second-order valence-corrected chi connectivity index (χ2v) is 8.40. The summed E-state index contributed by atoms with van der Waals surface area (Å²) in [5.74, 6) is -1.37. The lowest BCUT2D eigenvalue weighted by Crippen LogP contribution is -2.36. The third kappa shape index (κ3) is 6.73. The maximum atomic E-state index is 13.6. The van der Waals surface area contributed by atoms with Gasteiger partial charge in [-0.05, 0) is 67.1 Å². The largest absolute Gasteiger partial charge is 0.444 e. The molecule has 1 amide bonds. The van der Waals surface area contributed by atoms with Crippen molar-refractivity contribution in [2.75, 3.05) is 6.26 Å². The Bertz CT molecular complexity index is 810. The number of nitrogens with zero attached hydrogens (tertiary/aromatic N) is 2. The maximum absolute atomic E-state index is 13.6. The molecule has 0 spiro atoms. The van der Waals surface area contributed by atoms with Gasteiger partial charge in [-0.1, -0.05) is 11.8 Å². The Morgan fingerprint density at radius 1 is 1.30 bits per heavy atom. The van der Waals surface area contributed by atoms with E-state index in [-0.39, 0.29) is 6.42 Å². The molecular weight excluding hydrogens is 440 g/mol. The van der Waals surface area contributed by atoms with Gasteiger partial charge in [0.2, 0.25) is 0 Å². The lowest BCUT2D eigenvalue weighted by atomic mass is 10.0. The molecular formula is C18H20BrF2N3O2S. The van der Waals surface area contributed by atoms with Crippen LogP contribution < -0.4 is 5.32 Å². The average molecular weight is 460 g/mol. The van der Waals surface area contributed by atoms with Crippen LogP contribution in [-0.4, -0.2) is 27.9 Å². The zero-order valence-corrected chi connectivity index (χ0v) is 17.7. The van der Waals surface area contributed by atoms with Gasteiger partial charge >= 0.3 is 6.09 Å². The van der Waals surface area contributed by atoms with Gasteiger partial charge in [0.25, 0.3) is 0 Å². The molecule has 0 fully saturated rings. The number of hydrogen-bond acceptors (Lipinski definition) is 5. The van der Waals surface area contributed by atoms with Gasteiger partial charge in [-0.2, -0.15) is 0 Å². The first-order chi connectivity index (χ1) is 12.6. The summed E-state index contributed by atoms with van der Waals surface area (Å²) < 4.78 is 33.0. The Labute approximate surface area is 169 Å². The van der Waals surface area contributed by atoms with Crippen molar-refractivity contribution in [3.8, 4) is 0 Å². The van der Waals surface area contributed by atoms with Crippen molar-refractivity contribution in [3.63, 3.8) is 0 Å². The molecule has 1 aromatic carbocycles. The van der Waals surface area contributed by atoms with E-state index in [2.05, 4.69) is 31.2 Å². The number of rotatable bonds is 5. The van der Waals surface area contributed by atoms with Crippen LogP contribution in [-0.2, 0) is 11.2 Å². The second-order valence-electron chi connectivity index (χ2n) is 6.77. The molecule has 0 aliphatic rings. The number of alkyl carbamates (subject to hydrolysis) is 1. The predicted molar refractivity (Wildman–Crippen MR) is 104 cm³/mol. The number of nitrogens with one attached hydrogen (secondary N) is 1. The van der Waals surface area contributed by atoms with Crippen LogP contribution in [0, 0.1) is 11.6 Å². The van der Waals surface area contributed by atoms with Gasteiger partial charge < -0.3 is 10.1 Å². The van der Waals surface area contributed by atoms with Crippen LogP contribution in [0.2, 0.25) is 0 Å². The zero-order chi connectivity index (χ0) is 20.2. The van der Waals surface area contributed by atoms with Crippen molar-refractivity contribution in [2.45, 2.75) is 44.0 Å². The summed E-state index contributed by atoms with van der Waals surface area (Å²) in [4.78, 5) is 20.9. The third-order valence-corrected chi connectivity index (χ3v) is 4.49. The third-order valence-electron chi connectivity index (χ3n) is 3.31. The quantitative estimate of drug-likeness (QED) is 0.500. The second kappa shape index (κ2) is 8.97. The van der Waals surface area contributed by atoms with Gasteiger partial charge in [0.05, 0.1) is 16.2 Å². The highest BCUT2D eigenvalue weighted by atomic mass is 79.9. The molecule has 1 aromatic heterocycles. The Balaban J connectivity index is 2.37. The van der Waals surface area contributed by atoms with Crippen LogP contribution in [0.4, 0.5) is 13.6 Å². The fraction of sp³-hybridized carbons (Fsp3) is 0.389. The highest BCUT2D eigenvalue weighted by molar-refractivity contribution is 9.10. The van der Waals surface area contributed by atoms with Gasteiger partial charge in [-0.25, -0.2) is 23.5 Å². The van der Waals surface area contributed by atoms with Gasteiger partial charge in [0.15, 0.2) is 5.16 Å². The lowest BCUT2D eigenvalue weighted by molar-refractivity contribution is 0.0502. The van der Waals surface area contributed by atoms with E-state index in [1.165, 1.54) is 23.9 Å². The van der Waals surface area contributed by atoms with Crippen LogP contribution >= 0.6 is 27.7 Å². The molecule has 0 radical (unpaired) electrons. The van der Waals surface area contributed by atoms with Crippen LogP contribution in [0.5, 0.6) is 0 Å². The summed E-state index contributed by atoms with van der Waals surface area (Å²) in [6.07, 6.45) is 2.87. The standard InChI is InChI=1S/C18H20BrF2N3O2S/c1-18(2,3)26-17(25)23-14(7-10-5-11(20)8-12(21)6-10)15-13(19)9-22-16(24-15)27-4/h5-6,8-9,14H,7H2,1-4H3,(H,23,25). The molecule has 1 unspecified atom stereocenters. The predicted octanol–water partition coefficient (Wildman–Crippen LogP) is 5.05. The summed E-state index contributed by atoms with van der Waals surface area (Å²) in [6, 6.07) is 2.56. The van der Waals surface area contributed by atoms with Crippen molar-refractivity contribution in [1.82, 2.24) is 15.3 Å². The number of hydrogen-bond donors (Lipinski definition) is 1.